The minimum Gasteiger partial charge on any atom is -0.550 e. The molecule has 0 unspecified atom stereocenters. The summed E-state index contributed by atoms with van der Waals surface area (Å²) in [4.78, 5) is 23.5. The van der Waals surface area contributed by atoms with Gasteiger partial charge in [0.2, 0.25) is 0 Å². The highest BCUT2D eigenvalue weighted by molar-refractivity contribution is 5.70. The van der Waals surface area contributed by atoms with Crippen molar-refractivity contribution in [3.8, 4) is 0 Å². The van der Waals surface area contributed by atoms with Crippen molar-refractivity contribution >= 4 is 11.9 Å². The lowest BCUT2D eigenvalue weighted by Crippen LogP contribution is -2.45. The Bertz CT molecular complexity index is 628. The quantitative estimate of drug-likeness (QED) is 0.182. The Kier molecular flexibility index (Phi) is 8.90. The predicted molar refractivity (Wildman–Crippen MR) is 113 cm³/mol. The zero-order valence-corrected chi connectivity index (χ0v) is 17.5. The van der Waals surface area contributed by atoms with Gasteiger partial charge in [-0.15, -0.1) is 0 Å². The molecule has 0 aliphatic rings. The molecule has 0 amide bonds. The van der Waals surface area contributed by atoms with Crippen LogP contribution in [0.4, 0.5) is 0 Å². The Morgan fingerprint density at radius 2 is 1.32 bits per heavy atom. The number of hydrogen-bond acceptors (Lipinski definition) is 4. The topological polar surface area (TPSA) is 66.4 Å². The van der Waals surface area contributed by atoms with Crippen LogP contribution in [0.25, 0.3) is 0 Å². The summed E-state index contributed by atoms with van der Waals surface area (Å²) in [6.45, 7) is -9.75. The minimum atomic E-state index is -3.57. The number of carbonyl (C=O) groups is 2. The van der Waals surface area contributed by atoms with Crippen molar-refractivity contribution in [2.75, 3.05) is 27.5 Å². The van der Waals surface area contributed by atoms with E-state index in [2.05, 4.69) is 6.92 Å². The number of likely N-dealkylation sites (N-methyl/N-ethyl adjacent to an activating group) is 1. The number of esters is 1. The van der Waals surface area contributed by atoms with Crippen molar-refractivity contribution in [2.45, 2.75) is 109 Å². The van der Waals surface area contributed by atoms with E-state index in [9.17, 15) is 14.7 Å². The number of rotatable bonds is 19. The molecule has 0 N–H and O–H groups in total. The summed E-state index contributed by atoms with van der Waals surface area (Å²) in [6.07, 6.45) is 11.5. The minimum absolute atomic E-state index is 0.0728. The van der Waals surface area contributed by atoms with Gasteiger partial charge in [0.05, 0.1) is 33.3 Å². The number of carboxylic acids is 1. The van der Waals surface area contributed by atoms with Crippen molar-refractivity contribution in [3.63, 3.8) is 0 Å². The summed E-state index contributed by atoms with van der Waals surface area (Å²) < 4.78 is 71.6. The van der Waals surface area contributed by atoms with E-state index >= 15 is 0 Å². The van der Waals surface area contributed by atoms with E-state index in [1.54, 1.807) is 0 Å². The van der Waals surface area contributed by atoms with Crippen LogP contribution < -0.4 is 5.11 Å². The van der Waals surface area contributed by atoms with Crippen LogP contribution >= 0.6 is 0 Å². The third kappa shape index (κ3) is 19.7. The maximum atomic E-state index is 12.3. The number of carboxylic acid groups (broad SMARTS) is 1. The van der Waals surface area contributed by atoms with Gasteiger partial charge in [-0.1, -0.05) is 84.0 Å². The van der Waals surface area contributed by atoms with Crippen molar-refractivity contribution in [3.05, 3.63) is 0 Å². The zero-order valence-electron chi connectivity index (χ0n) is 26.5. The van der Waals surface area contributed by atoms with Crippen LogP contribution in [-0.2, 0) is 14.3 Å². The molecule has 0 spiro atoms. The largest absolute Gasteiger partial charge is 0.550 e. The average Bonchev–Trinajstić information content (AvgIpc) is 2.72. The lowest BCUT2D eigenvalue weighted by molar-refractivity contribution is -0.873. The van der Waals surface area contributed by atoms with E-state index in [-0.39, 0.29) is 6.42 Å². The zero-order chi connectivity index (χ0) is 28.8. The Hall–Kier alpha value is -1.10. The lowest BCUT2D eigenvalue weighted by atomic mass is 10.0. The number of quaternary nitrogens is 1. The molecule has 0 saturated heterocycles. The van der Waals surface area contributed by atoms with E-state index in [4.69, 9.17) is 17.1 Å². The molecule has 0 aromatic carbocycles. The molecule has 0 saturated carbocycles. The lowest BCUT2D eigenvalue weighted by Gasteiger charge is -2.29. The van der Waals surface area contributed by atoms with Crippen molar-refractivity contribution in [2.24, 2.45) is 0 Å². The van der Waals surface area contributed by atoms with Gasteiger partial charge in [0.15, 0.2) is 6.10 Å². The summed E-state index contributed by atoms with van der Waals surface area (Å²) in [5, 5.41) is 11.2. The first-order valence-electron chi connectivity index (χ1n) is 15.3. The van der Waals surface area contributed by atoms with Crippen LogP contribution in [0.1, 0.15) is 116 Å². The van der Waals surface area contributed by atoms with E-state index in [0.29, 0.717) is 6.42 Å². The Morgan fingerprint density at radius 1 is 0.857 bits per heavy atom. The van der Waals surface area contributed by atoms with Gasteiger partial charge < -0.3 is 19.1 Å². The fourth-order valence-corrected chi connectivity index (χ4v) is 3.17. The molecule has 0 heterocycles. The van der Waals surface area contributed by atoms with Crippen LogP contribution in [0.2, 0.25) is 0 Å². The molecule has 0 bridgehead atoms. The summed E-state index contributed by atoms with van der Waals surface area (Å²) in [6, 6.07) is 0. The summed E-state index contributed by atoms with van der Waals surface area (Å²) in [5.74, 6) is -2.56. The van der Waals surface area contributed by atoms with Gasteiger partial charge in [-0.2, -0.15) is 0 Å². The molecule has 0 fully saturated rings. The number of ether oxygens (including phenoxy) is 1. The summed E-state index contributed by atoms with van der Waals surface area (Å²) in [5.41, 5.74) is 0. The second kappa shape index (κ2) is 16.8. The highest BCUT2D eigenvalue weighted by atomic mass is 16.5. The third-order valence-electron chi connectivity index (χ3n) is 4.65. The van der Waals surface area contributed by atoms with E-state index < -0.39 is 56.4 Å². The summed E-state index contributed by atoms with van der Waals surface area (Å²) >= 11 is 0. The molecule has 166 valence electrons. The number of carbonyl (C=O) groups excluding carboxylic acids is 2. The smallest absolute Gasteiger partial charge is 0.306 e. The highest BCUT2D eigenvalue weighted by Crippen LogP contribution is 2.13. The maximum Gasteiger partial charge on any atom is 0.306 e. The number of hydrogen-bond donors (Lipinski definition) is 0. The number of nitrogens with zero attached hydrogens (tertiary/aromatic N) is 1. The van der Waals surface area contributed by atoms with E-state index in [1.807, 2.05) is 0 Å². The molecular formula is C23H45NO4. The van der Waals surface area contributed by atoms with Gasteiger partial charge in [0, 0.05) is 18.8 Å². The standard InChI is InChI=1S/C23H45NO4/c1-5-6-7-8-9-10-11-12-13-14-15-16-17-18-23(27)28-21(19-22(25)26)20-24(2,3)4/h21H,5-20H2,1-4H3/t21-/m0/s1/i2D3,3D3,4D3. The molecule has 0 aliphatic heterocycles. The third-order valence-corrected chi connectivity index (χ3v) is 4.65. The normalized spacial score (nSPS) is 18.8. The first kappa shape index (κ1) is 14.8. The molecule has 0 radical (unpaired) electrons. The Morgan fingerprint density at radius 3 is 1.75 bits per heavy atom. The molecule has 0 rings (SSSR count). The summed E-state index contributed by atoms with van der Waals surface area (Å²) in [7, 11) is 0. The second-order valence-electron chi connectivity index (χ2n) is 7.67. The maximum absolute atomic E-state index is 12.3. The van der Waals surface area contributed by atoms with E-state index in [0.717, 1.165) is 25.7 Å². The fourth-order valence-electron chi connectivity index (χ4n) is 3.17. The fraction of sp³-hybridized carbons (Fsp3) is 0.913. The second-order valence-corrected chi connectivity index (χ2v) is 7.67. The van der Waals surface area contributed by atoms with E-state index in [1.165, 1.54) is 51.4 Å². The molecular weight excluding hydrogens is 354 g/mol. The Balaban J connectivity index is 4.71. The molecule has 28 heavy (non-hydrogen) atoms. The molecule has 0 aliphatic carbocycles. The van der Waals surface area contributed by atoms with Crippen LogP contribution in [-0.4, -0.2) is 50.0 Å². The van der Waals surface area contributed by atoms with Crippen LogP contribution in [0.3, 0.4) is 0 Å². The monoisotopic (exact) mass is 408 g/mol. The first-order chi connectivity index (χ1) is 17.0. The molecule has 5 heteroatoms. The molecule has 0 aromatic rings. The van der Waals surface area contributed by atoms with Crippen LogP contribution in [0, 0.1) is 0 Å². The first-order valence-corrected chi connectivity index (χ1v) is 10.8. The highest BCUT2D eigenvalue weighted by Gasteiger charge is 2.22. The molecule has 5 nitrogen and oxygen atoms in total. The van der Waals surface area contributed by atoms with Gasteiger partial charge in [-0.05, 0) is 6.42 Å². The van der Waals surface area contributed by atoms with Crippen molar-refractivity contribution in [1.29, 1.82) is 0 Å². The molecule has 0 aromatic heterocycles. The van der Waals surface area contributed by atoms with Crippen LogP contribution in [0.5, 0.6) is 0 Å². The van der Waals surface area contributed by atoms with Crippen molar-refractivity contribution in [1.82, 2.24) is 0 Å². The number of aliphatic carboxylic acids is 1. The number of unbranched alkanes of at least 4 members (excludes halogenated alkanes) is 12. The van der Waals surface area contributed by atoms with Gasteiger partial charge in [0.1, 0.15) is 6.54 Å². The average molecular weight is 409 g/mol. The SMILES string of the molecule is [2H]C([2H])([2H])[N+](C[C@H](CC(=O)[O-])OC(=O)CCCCCCCCCCCCCCC)(C([2H])([2H])[2H])C([2H])([2H])[2H]. The molecule has 1 atom stereocenters. The van der Waals surface area contributed by atoms with Gasteiger partial charge in [0.25, 0.3) is 0 Å². The van der Waals surface area contributed by atoms with Gasteiger partial charge in [-0.3, -0.25) is 4.79 Å². The van der Waals surface area contributed by atoms with Crippen molar-refractivity contribution < 1.29 is 36.3 Å². The van der Waals surface area contributed by atoms with Crippen LogP contribution in [0.15, 0.2) is 0 Å². The predicted octanol–water partition coefficient (Wildman–Crippen LogP) is 4.23. The Labute approximate surface area is 186 Å². The van der Waals surface area contributed by atoms with Gasteiger partial charge in [-0.25, -0.2) is 0 Å². The van der Waals surface area contributed by atoms with Gasteiger partial charge >= 0.3 is 5.97 Å².